The molecule has 0 unspecified atom stereocenters. The summed E-state index contributed by atoms with van der Waals surface area (Å²) in [5.74, 6) is 0. The zero-order chi connectivity index (χ0) is 13.0. The molecule has 5 nitrogen and oxygen atoms in total. The van der Waals surface area contributed by atoms with Crippen LogP contribution in [0.5, 0.6) is 0 Å². The first kappa shape index (κ1) is 12.8. The standard InChI is InChI=1S/C13H21N5/c1-4-11-7-13(17(3)16-11)9-18-8-12(15-10-18)5-6-14-2/h7-8,10,14H,4-6,9H2,1-3H3. The molecule has 2 heterocycles. The number of aryl methyl sites for hydroxylation is 2. The number of nitrogens with zero attached hydrogens (tertiary/aromatic N) is 4. The van der Waals surface area contributed by atoms with Crippen LogP contribution < -0.4 is 5.32 Å². The molecule has 0 amide bonds. The monoisotopic (exact) mass is 247 g/mol. The number of imidazole rings is 1. The smallest absolute Gasteiger partial charge is 0.0953 e. The summed E-state index contributed by atoms with van der Waals surface area (Å²) in [5, 5.41) is 7.59. The topological polar surface area (TPSA) is 47.7 Å². The van der Waals surface area contributed by atoms with Crippen LogP contribution in [0.4, 0.5) is 0 Å². The highest BCUT2D eigenvalue weighted by Gasteiger charge is 2.05. The summed E-state index contributed by atoms with van der Waals surface area (Å²) in [6, 6.07) is 2.16. The number of rotatable bonds is 6. The van der Waals surface area contributed by atoms with Crippen LogP contribution in [0, 0.1) is 0 Å². The zero-order valence-corrected chi connectivity index (χ0v) is 11.3. The van der Waals surface area contributed by atoms with Crippen molar-refractivity contribution < 1.29 is 0 Å². The Bertz CT molecular complexity index is 497. The van der Waals surface area contributed by atoms with Gasteiger partial charge >= 0.3 is 0 Å². The third-order valence-electron chi connectivity index (χ3n) is 3.05. The van der Waals surface area contributed by atoms with Gasteiger partial charge in [0.15, 0.2) is 0 Å². The number of aromatic nitrogens is 4. The van der Waals surface area contributed by atoms with Gasteiger partial charge < -0.3 is 9.88 Å². The molecule has 2 aromatic rings. The van der Waals surface area contributed by atoms with E-state index in [1.165, 1.54) is 5.69 Å². The first-order valence-corrected chi connectivity index (χ1v) is 6.40. The summed E-state index contributed by atoms with van der Waals surface area (Å²) >= 11 is 0. The van der Waals surface area contributed by atoms with Crippen molar-refractivity contribution in [3.63, 3.8) is 0 Å². The zero-order valence-electron chi connectivity index (χ0n) is 11.3. The van der Waals surface area contributed by atoms with E-state index in [0.717, 1.165) is 37.3 Å². The van der Waals surface area contributed by atoms with E-state index in [-0.39, 0.29) is 0 Å². The summed E-state index contributed by atoms with van der Waals surface area (Å²) in [4.78, 5) is 4.40. The molecule has 0 saturated carbocycles. The second kappa shape index (κ2) is 5.82. The Labute approximate surface area is 108 Å². The van der Waals surface area contributed by atoms with Crippen molar-refractivity contribution in [2.75, 3.05) is 13.6 Å². The van der Waals surface area contributed by atoms with Gasteiger partial charge in [-0.15, -0.1) is 0 Å². The van der Waals surface area contributed by atoms with E-state index >= 15 is 0 Å². The molecule has 1 N–H and O–H groups in total. The maximum atomic E-state index is 4.45. The molecule has 0 aliphatic rings. The molecule has 0 atom stereocenters. The molecular formula is C13H21N5. The average Bonchev–Trinajstić information content (AvgIpc) is 2.95. The molecule has 0 radical (unpaired) electrons. The summed E-state index contributed by atoms with van der Waals surface area (Å²) in [5.41, 5.74) is 3.48. The van der Waals surface area contributed by atoms with Gasteiger partial charge in [0, 0.05) is 26.2 Å². The second-order valence-electron chi connectivity index (χ2n) is 4.50. The minimum absolute atomic E-state index is 0.829. The van der Waals surface area contributed by atoms with Crippen LogP contribution in [-0.2, 0) is 26.4 Å². The van der Waals surface area contributed by atoms with Gasteiger partial charge in [0.2, 0.25) is 0 Å². The molecule has 0 aromatic carbocycles. The van der Waals surface area contributed by atoms with Gasteiger partial charge in [-0.1, -0.05) is 6.92 Å². The second-order valence-corrected chi connectivity index (χ2v) is 4.50. The Kier molecular flexibility index (Phi) is 4.15. The Balaban J connectivity index is 2.04. The molecule has 2 rings (SSSR count). The number of likely N-dealkylation sites (N-methyl/N-ethyl adjacent to an activating group) is 1. The fourth-order valence-electron chi connectivity index (χ4n) is 1.95. The summed E-state index contributed by atoms with van der Waals surface area (Å²) in [6.45, 7) is 3.91. The van der Waals surface area contributed by atoms with E-state index in [9.17, 15) is 0 Å². The third-order valence-corrected chi connectivity index (χ3v) is 3.05. The maximum Gasteiger partial charge on any atom is 0.0953 e. The van der Waals surface area contributed by atoms with E-state index < -0.39 is 0 Å². The van der Waals surface area contributed by atoms with Crippen LogP contribution in [0.2, 0.25) is 0 Å². The van der Waals surface area contributed by atoms with Gasteiger partial charge in [0.05, 0.1) is 30.0 Å². The van der Waals surface area contributed by atoms with Crippen LogP contribution in [0.3, 0.4) is 0 Å². The molecule has 2 aromatic heterocycles. The van der Waals surface area contributed by atoms with E-state index in [1.807, 2.05) is 25.1 Å². The normalized spacial score (nSPS) is 11.1. The fourth-order valence-corrected chi connectivity index (χ4v) is 1.95. The van der Waals surface area contributed by atoms with Crippen molar-refractivity contribution in [2.24, 2.45) is 7.05 Å². The van der Waals surface area contributed by atoms with Gasteiger partial charge in [0.1, 0.15) is 0 Å². The predicted octanol–water partition coefficient (Wildman–Crippen LogP) is 0.989. The van der Waals surface area contributed by atoms with E-state index in [1.54, 1.807) is 0 Å². The van der Waals surface area contributed by atoms with Crippen molar-refractivity contribution in [3.05, 3.63) is 35.7 Å². The molecule has 0 fully saturated rings. The number of nitrogens with one attached hydrogen (secondary N) is 1. The van der Waals surface area contributed by atoms with Crippen LogP contribution in [-0.4, -0.2) is 32.9 Å². The lowest BCUT2D eigenvalue weighted by Crippen LogP contribution is -2.10. The molecule has 0 aliphatic carbocycles. The van der Waals surface area contributed by atoms with Crippen LogP contribution in [0.15, 0.2) is 18.6 Å². The largest absolute Gasteiger partial charge is 0.331 e. The minimum atomic E-state index is 0.829. The molecular weight excluding hydrogens is 226 g/mol. The Morgan fingerprint density at radius 1 is 1.33 bits per heavy atom. The van der Waals surface area contributed by atoms with E-state index in [4.69, 9.17) is 0 Å². The van der Waals surface area contributed by atoms with E-state index in [0.29, 0.717) is 0 Å². The third kappa shape index (κ3) is 2.98. The SMILES string of the molecule is CCc1cc(Cn2cnc(CCNC)c2)n(C)n1. The van der Waals surface area contributed by atoms with Crippen molar-refractivity contribution in [1.82, 2.24) is 24.6 Å². The minimum Gasteiger partial charge on any atom is -0.331 e. The van der Waals surface area contributed by atoms with Crippen molar-refractivity contribution in [1.29, 1.82) is 0 Å². The van der Waals surface area contributed by atoms with Crippen molar-refractivity contribution >= 4 is 0 Å². The fraction of sp³-hybridized carbons (Fsp3) is 0.538. The van der Waals surface area contributed by atoms with Crippen molar-refractivity contribution in [2.45, 2.75) is 26.3 Å². The Morgan fingerprint density at radius 2 is 2.17 bits per heavy atom. The summed E-state index contributed by atoms with van der Waals surface area (Å²) in [7, 11) is 3.95. The quantitative estimate of drug-likeness (QED) is 0.828. The lowest BCUT2D eigenvalue weighted by molar-refractivity contribution is 0.659. The van der Waals surface area contributed by atoms with Gasteiger partial charge in [-0.2, -0.15) is 5.10 Å². The summed E-state index contributed by atoms with van der Waals surface area (Å²) < 4.78 is 4.06. The molecule has 0 bridgehead atoms. The highest BCUT2D eigenvalue weighted by atomic mass is 15.3. The molecule has 0 aliphatic heterocycles. The van der Waals surface area contributed by atoms with Gasteiger partial charge in [-0.25, -0.2) is 4.98 Å². The summed E-state index contributed by atoms with van der Waals surface area (Å²) in [6.07, 6.45) is 5.94. The lowest BCUT2D eigenvalue weighted by atomic mass is 10.3. The number of hydrogen-bond donors (Lipinski definition) is 1. The molecule has 0 spiro atoms. The van der Waals surface area contributed by atoms with Gasteiger partial charge in [0.25, 0.3) is 0 Å². The average molecular weight is 247 g/mol. The molecule has 5 heteroatoms. The van der Waals surface area contributed by atoms with Gasteiger partial charge in [-0.3, -0.25) is 4.68 Å². The van der Waals surface area contributed by atoms with Crippen LogP contribution in [0.25, 0.3) is 0 Å². The first-order chi connectivity index (χ1) is 8.72. The predicted molar refractivity (Wildman–Crippen MR) is 71.5 cm³/mol. The van der Waals surface area contributed by atoms with Crippen molar-refractivity contribution in [3.8, 4) is 0 Å². The number of hydrogen-bond acceptors (Lipinski definition) is 3. The molecule has 98 valence electrons. The van der Waals surface area contributed by atoms with Gasteiger partial charge in [-0.05, 0) is 19.5 Å². The van der Waals surface area contributed by atoms with Crippen LogP contribution >= 0.6 is 0 Å². The Morgan fingerprint density at radius 3 is 2.83 bits per heavy atom. The highest BCUT2D eigenvalue weighted by Crippen LogP contribution is 2.07. The first-order valence-electron chi connectivity index (χ1n) is 6.40. The van der Waals surface area contributed by atoms with E-state index in [2.05, 4.69) is 39.2 Å². The maximum absolute atomic E-state index is 4.45. The Hall–Kier alpha value is -1.62. The lowest BCUT2D eigenvalue weighted by Gasteiger charge is -2.02. The highest BCUT2D eigenvalue weighted by molar-refractivity contribution is 5.11. The molecule has 0 saturated heterocycles. The molecule has 18 heavy (non-hydrogen) atoms. The van der Waals surface area contributed by atoms with Crippen LogP contribution in [0.1, 0.15) is 24.0 Å².